The molecular formula is C14H19N5S. The molecule has 0 saturated carbocycles. The zero-order chi connectivity index (χ0) is 14.4. The smallest absolute Gasteiger partial charge is 0.191 e. The lowest BCUT2D eigenvalue weighted by Gasteiger charge is -2.16. The van der Waals surface area contributed by atoms with Gasteiger partial charge in [-0.2, -0.15) is 0 Å². The largest absolute Gasteiger partial charge is 0.370 e. The van der Waals surface area contributed by atoms with Crippen LogP contribution < -0.4 is 10.6 Å². The quantitative estimate of drug-likeness (QED) is 0.629. The average Bonchev–Trinajstić information content (AvgIpc) is 2.48. The first-order valence-corrected chi connectivity index (χ1v) is 7.78. The summed E-state index contributed by atoms with van der Waals surface area (Å²) in [6.45, 7) is 4.99. The molecule has 6 heteroatoms. The Bertz CT molecular complexity index is 547. The molecule has 0 saturated heterocycles. The van der Waals surface area contributed by atoms with Crippen molar-refractivity contribution in [3.05, 3.63) is 36.2 Å². The van der Waals surface area contributed by atoms with Crippen molar-refractivity contribution < 1.29 is 0 Å². The summed E-state index contributed by atoms with van der Waals surface area (Å²) in [5.41, 5.74) is 1.18. The van der Waals surface area contributed by atoms with Crippen LogP contribution >= 0.6 is 11.8 Å². The normalized spacial score (nSPS) is 11.9. The molecule has 0 bridgehead atoms. The van der Waals surface area contributed by atoms with Gasteiger partial charge in [-0.05, 0) is 37.8 Å². The number of thioether (sulfide) groups is 1. The van der Waals surface area contributed by atoms with E-state index >= 15 is 0 Å². The van der Waals surface area contributed by atoms with Crippen LogP contribution in [-0.2, 0) is 0 Å². The molecule has 0 aliphatic heterocycles. The highest BCUT2D eigenvalue weighted by Crippen LogP contribution is 2.21. The summed E-state index contributed by atoms with van der Waals surface area (Å²) in [5, 5.41) is 7.38. The summed E-state index contributed by atoms with van der Waals surface area (Å²) < 4.78 is 0. The zero-order valence-electron chi connectivity index (χ0n) is 11.9. The lowest BCUT2D eigenvalue weighted by molar-refractivity contribution is 0.853. The number of hydrogen-bond donors (Lipinski definition) is 2. The molecule has 0 spiro atoms. The molecule has 2 heterocycles. The standard InChI is InChI=1S/C14H19N5S/c1-4-16-12-9-13(19-14(18-12)20-3)17-10(2)11-5-7-15-8-6-11/h5-10H,4H2,1-3H3,(H2,16,17,18,19). The first-order chi connectivity index (χ1) is 9.72. The third kappa shape index (κ3) is 3.84. The van der Waals surface area contributed by atoms with Crippen molar-refractivity contribution in [2.45, 2.75) is 25.0 Å². The molecule has 5 nitrogen and oxygen atoms in total. The van der Waals surface area contributed by atoms with Crippen molar-refractivity contribution in [1.29, 1.82) is 0 Å². The summed E-state index contributed by atoms with van der Waals surface area (Å²) in [6.07, 6.45) is 5.57. The number of rotatable bonds is 6. The Balaban J connectivity index is 2.17. The van der Waals surface area contributed by atoms with Gasteiger partial charge in [0, 0.05) is 25.0 Å². The van der Waals surface area contributed by atoms with Gasteiger partial charge in [0.05, 0.1) is 6.04 Å². The molecule has 0 fully saturated rings. The van der Waals surface area contributed by atoms with Crippen LogP contribution in [0.25, 0.3) is 0 Å². The molecule has 2 rings (SSSR count). The Morgan fingerprint density at radius 1 is 1.20 bits per heavy atom. The summed E-state index contributed by atoms with van der Waals surface area (Å²) in [5.74, 6) is 1.67. The van der Waals surface area contributed by atoms with E-state index in [0.717, 1.165) is 23.3 Å². The molecule has 106 valence electrons. The fourth-order valence-corrected chi connectivity index (χ4v) is 2.20. The summed E-state index contributed by atoms with van der Waals surface area (Å²) in [7, 11) is 0. The van der Waals surface area contributed by atoms with Crippen LogP contribution in [0.5, 0.6) is 0 Å². The second kappa shape index (κ2) is 7.09. The Labute approximate surface area is 123 Å². The van der Waals surface area contributed by atoms with E-state index in [-0.39, 0.29) is 6.04 Å². The van der Waals surface area contributed by atoms with E-state index in [4.69, 9.17) is 0 Å². The highest BCUT2D eigenvalue weighted by Gasteiger charge is 2.08. The van der Waals surface area contributed by atoms with Gasteiger partial charge >= 0.3 is 0 Å². The Morgan fingerprint density at radius 3 is 2.55 bits per heavy atom. The minimum atomic E-state index is 0.164. The summed E-state index contributed by atoms with van der Waals surface area (Å²) in [4.78, 5) is 12.9. The maximum Gasteiger partial charge on any atom is 0.191 e. The van der Waals surface area contributed by atoms with Crippen molar-refractivity contribution in [3.63, 3.8) is 0 Å². The number of nitrogens with one attached hydrogen (secondary N) is 2. The fraction of sp³-hybridized carbons (Fsp3) is 0.357. The van der Waals surface area contributed by atoms with E-state index < -0.39 is 0 Å². The highest BCUT2D eigenvalue weighted by atomic mass is 32.2. The number of anilines is 2. The monoisotopic (exact) mass is 289 g/mol. The van der Waals surface area contributed by atoms with E-state index in [1.807, 2.05) is 31.4 Å². The van der Waals surface area contributed by atoms with Crippen LogP contribution in [0.2, 0.25) is 0 Å². The van der Waals surface area contributed by atoms with Crippen LogP contribution in [-0.4, -0.2) is 27.8 Å². The van der Waals surface area contributed by atoms with E-state index in [1.54, 1.807) is 12.4 Å². The minimum absolute atomic E-state index is 0.164. The minimum Gasteiger partial charge on any atom is -0.370 e. The van der Waals surface area contributed by atoms with Crippen molar-refractivity contribution in [2.24, 2.45) is 0 Å². The first-order valence-electron chi connectivity index (χ1n) is 6.56. The first kappa shape index (κ1) is 14.6. The van der Waals surface area contributed by atoms with E-state index in [0.29, 0.717) is 0 Å². The van der Waals surface area contributed by atoms with Crippen LogP contribution in [0.3, 0.4) is 0 Å². The Hall–Kier alpha value is -1.82. The molecule has 2 N–H and O–H groups in total. The Morgan fingerprint density at radius 2 is 1.90 bits per heavy atom. The van der Waals surface area contributed by atoms with E-state index in [2.05, 4.69) is 32.5 Å². The molecule has 0 aliphatic carbocycles. The van der Waals surface area contributed by atoms with Crippen LogP contribution in [0.4, 0.5) is 11.6 Å². The van der Waals surface area contributed by atoms with Crippen LogP contribution in [0, 0.1) is 0 Å². The van der Waals surface area contributed by atoms with Gasteiger partial charge in [-0.1, -0.05) is 11.8 Å². The molecule has 0 amide bonds. The molecule has 2 aromatic rings. The van der Waals surface area contributed by atoms with Gasteiger partial charge < -0.3 is 10.6 Å². The molecule has 2 aromatic heterocycles. The second-order valence-electron chi connectivity index (χ2n) is 4.30. The lowest BCUT2D eigenvalue weighted by atomic mass is 10.1. The second-order valence-corrected chi connectivity index (χ2v) is 5.08. The third-order valence-electron chi connectivity index (χ3n) is 2.82. The lowest BCUT2D eigenvalue weighted by Crippen LogP contribution is -2.10. The van der Waals surface area contributed by atoms with Crippen molar-refractivity contribution >= 4 is 23.4 Å². The third-order valence-corrected chi connectivity index (χ3v) is 3.36. The molecule has 0 aliphatic rings. The highest BCUT2D eigenvalue weighted by molar-refractivity contribution is 7.98. The van der Waals surface area contributed by atoms with Gasteiger partial charge in [0.1, 0.15) is 11.6 Å². The molecule has 0 aromatic carbocycles. The maximum atomic E-state index is 4.48. The van der Waals surface area contributed by atoms with E-state index in [1.165, 1.54) is 17.3 Å². The molecule has 20 heavy (non-hydrogen) atoms. The number of hydrogen-bond acceptors (Lipinski definition) is 6. The van der Waals surface area contributed by atoms with Gasteiger partial charge in [0.15, 0.2) is 5.16 Å². The predicted octanol–water partition coefficient (Wildman–Crippen LogP) is 3.20. The molecular weight excluding hydrogens is 270 g/mol. The van der Waals surface area contributed by atoms with Gasteiger partial charge in [0.25, 0.3) is 0 Å². The van der Waals surface area contributed by atoms with Crippen molar-refractivity contribution in [1.82, 2.24) is 15.0 Å². The number of pyridine rings is 1. The molecule has 1 unspecified atom stereocenters. The molecule has 0 radical (unpaired) electrons. The number of nitrogens with zero attached hydrogens (tertiary/aromatic N) is 3. The van der Waals surface area contributed by atoms with Crippen molar-refractivity contribution in [2.75, 3.05) is 23.4 Å². The zero-order valence-corrected chi connectivity index (χ0v) is 12.7. The van der Waals surface area contributed by atoms with Gasteiger partial charge in [-0.3, -0.25) is 4.98 Å². The van der Waals surface area contributed by atoms with Crippen LogP contribution in [0.1, 0.15) is 25.5 Å². The topological polar surface area (TPSA) is 62.7 Å². The number of aromatic nitrogens is 3. The SMILES string of the molecule is CCNc1cc(NC(C)c2ccncc2)nc(SC)n1. The maximum absolute atomic E-state index is 4.48. The fourth-order valence-electron chi connectivity index (χ4n) is 1.82. The average molecular weight is 289 g/mol. The van der Waals surface area contributed by atoms with Gasteiger partial charge in [0.2, 0.25) is 0 Å². The van der Waals surface area contributed by atoms with Gasteiger partial charge in [-0.15, -0.1) is 0 Å². The summed E-state index contributed by atoms with van der Waals surface area (Å²) >= 11 is 1.53. The van der Waals surface area contributed by atoms with Crippen LogP contribution in [0.15, 0.2) is 35.7 Å². The summed E-state index contributed by atoms with van der Waals surface area (Å²) in [6, 6.07) is 6.09. The van der Waals surface area contributed by atoms with Crippen molar-refractivity contribution in [3.8, 4) is 0 Å². The van der Waals surface area contributed by atoms with Gasteiger partial charge in [-0.25, -0.2) is 9.97 Å². The molecule has 1 atom stereocenters. The van der Waals surface area contributed by atoms with E-state index in [9.17, 15) is 0 Å². The Kier molecular flexibility index (Phi) is 5.17. The predicted molar refractivity (Wildman–Crippen MR) is 84.3 cm³/mol.